The van der Waals surface area contributed by atoms with E-state index in [0.29, 0.717) is 12.4 Å². The predicted octanol–water partition coefficient (Wildman–Crippen LogP) is 1.88. The number of furan rings is 1. The highest BCUT2D eigenvalue weighted by Crippen LogP contribution is 2.17. The molecule has 0 saturated heterocycles. The molecule has 0 fully saturated rings. The lowest BCUT2D eigenvalue weighted by molar-refractivity contribution is 0.233. The second-order valence-corrected chi connectivity index (χ2v) is 5.51. The van der Waals surface area contributed by atoms with Gasteiger partial charge in [0.05, 0.1) is 18.5 Å². The zero-order valence-corrected chi connectivity index (χ0v) is 13.3. The van der Waals surface area contributed by atoms with Gasteiger partial charge in [0.1, 0.15) is 5.76 Å². The van der Waals surface area contributed by atoms with Crippen molar-refractivity contribution in [2.45, 2.75) is 25.9 Å². The lowest BCUT2D eigenvalue weighted by atomic mass is 10.2. The third kappa shape index (κ3) is 4.08. The van der Waals surface area contributed by atoms with Crippen LogP contribution in [-0.4, -0.2) is 46.6 Å². The Balaban J connectivity index is 1.88. The molecular weight excluding hydrogens is 284 g/mol. The van der Waals surface area contributed by atoms with Gasteiger partial charge in [0.15, 0.2) is 5.82 Å². The van der Waals surface area contributed by atoms with E-state index < -0.39 is 0 Å². The maximum atomic E-state index is 11.9. The van der Waals surface area contributed by atoms with Crippen LogP contribution in [-0.2, 0) is 0 Å². The molecule has 22 heavy (non-hydrogen) atoms. The number of rotatable bonds is 6. The molecule has 1 atom stereocenters. The molecule has 120 valence electrons. The van der Waals surface area contributed by atoms with Crippen molar-refractivity contribution in [3.8, 4) is 0 Å². The van der Waals surface area contributed by atoms with Crippen molar-refractivity contribution >= 4 is 11.8 Å². The van der Waals surface area contributed by atoms with Gasteiger partial charge in [0.25, 0.3) is 0 Å². The molecule has 0 bridgehead atoms. The van der Waals surface area contributed by atoms with Crippen molar-refractivity contribution in [2.75, 3.05) is 26.0 Å². The van der Waals surface area contributed by atoms with Crippen LogP contribution in [0.25, 0.3) is 0 Å². The number of anilines is 1. The van der Waals surface area contributed by atoms with Gasteiger partial charge in [-0.25, -0.2) is 9.48 Å². The number of hydrogen-bond acceptors (Lipinski definition) is 5. The standard InChI is InChI=1S/C14H22N6O2/c1-10(2)20-9-13(17-18-20)16-14(21)15-8-11(19(3)4)12-6-5-7-22-12/h5-7,9-11H,8H2,1-4H3,(H2,15,16,21). The fourth-order valence-corrected chi connectivity index (χ4v) is 1.95. The first-order valence-corrected chi connectivity index (χ1v) is 7.14. The van der Waals surface area contributed by atoms with Crippen LogP contribution in [0.3, 0.4) is 0 Å². The highest BCUT2D eigenvalue weighted by Gasteiger charge is 2.18. The van der Waals surface area contributed by atoms with Gasteiger partial charge < -0.3 is 9.73 Å². The van der Waals surface area contributed by atoms with Crippen LogP contribution in [0.4, 0.5) is 10.6 Å². The van der Waals surface area contributed by atoms with E-state index >= 15 is 0 Å². The quantitative estimate of drug-likeness (QED) is 0.850. The minimum Gasteiger partial charge on any atom is -0.468 e. The van der Waals surface area contributed by atoms with Crippen molar-refractivity contribution in [1.82, 2.24) is 25.2 Å². The van der Waals surface area contributed by atoms with Crippen LogP contribution in [0.15, 0.2) is 29.0 Å². The molecule has 0 saturated carbocycles. The molecule has 2 aromatic heterocycles. The van der Waals surface area contributed by atoms with Crippen molar-refractivity contribution in [3.63, 3.8) is 0 Å². The van der Waals surface area contributed by atoms with Gasteiger partial charge in [0, 0.05) is 12.6 Å². The molecule has 2 amide bonds. The molecule has 2 aromatic rings. The summed E-state index contributed by atoms with van der Waals surface area (Å²) in [6, 6.07) is 3.55. The Bertz CT molecular complexity index is 590. The van der Waals surface area contributed by atoms with Gasteiger partial charge in [-0.2, -0.15) is 0 Å². The summed E-state index contributed by atoms with van der Waals surface area (Å²) in [5.74, 6) is 1.22. The molecule has 0 spiro atoms. The largest absolute Gasteiger partial charge is 0.468 e. The average molecular weight is 306 g/mol. The van der Waals surface area contributed by atoms with Crippen molar-refractivity contribution < 1.29 is 9.21 Å². The van der Waals surface area contributed by atoms with Gasteiger partial charge in [-0.3, -0.25) is 10.2 Å². The van der Waals surface area contributed by atoms with Crippen LogP contribution in [0, 0.1) is 0 Å². The Morgan fingerprint density at radius 3 is 2.77 bits per heavy atom. The van der Waals surface area contributed by atoms with Crippen LogP contribution in [0.2, 0.25) is 0 Å². The van der Waals surface area contributed by atoms with Crippen LogP contribution < -0.4 is 10.6 Å². The molecule has 2 heterocycles. The highest BCUT2D eigenvalue weighted by atomic mass is 16.3. The fraction of sp³-hybridized carbons (Fsp3) is 0.500. The Morgan fingerprint density at radius 1 is 1.45 bits per heavy atom. The molecule has 0 aromatic carbocycles. The number of carbonyl (C=O) groups is 1. The van der Waals surface area contributed by atoms with E-state index in [1.807, 2.05) is 45.0 Å². The Kier molecular flexibility index (Phi) is 5.16. The summed E-state index contributed by atoms with van der Waals surface area (Å²) in [5, 5.41) is 13.3. The smallest absolute Gasteiger partial charge is 0.320 e. The monoisotopic (exact) mass is 306 g/mol. The molecule has 0 aliphatic heterocycles. The van der Waals surface area contributed by atoms with E-state index in [2.05, 4.69) is 20.9 Å². The number of aromatic nitrogens is 3. The average Bonchev–Trinajstić information content (AvgIpc) is 3.09. The van der Waals surface area contributed by atoms with Crippen molar-refractivity contribution in [1.29, 1.82) is 0 Å². The summed E-state index contributed by atoms with van der Waals surface area (Å²) < 4.78 is 7.08. The predicted molar refractivity (Wildman–Crippen MR) is 82.6 cm³/mol. The summed E-state index contributed by atoms with van der Waals surface area (Å²) >= 11 is 0. The van der Waals surface area contributed by atoms with Crippen molar-refractivity contribution in [3.05, 3.63) is 30.4 Å². The third-order valence-electron chi connectivity index (χ3n) is 3.23. The Morgan fingerprint density at radius 2 is 2.23 bits per heavy atom. The second kappa shape index (κ2) is 7.08. The lowest BCUT2D eigenvalue weighted by Crippen LogP contribution is -2.36. The van der Waals surface area contributed by atoms with Gasteiger partial charge in [0.2, 0.25) is 0 Å². The highest BCUT2D eigenvalue weighted by molar-refractivity contribution is 5.87. The van der Waals surface area contributed by atoms with Crippen molar-refractivity contribution in [2.24, 2.45) is 0 Å². The minimum atomic E-state index is -0.325. The molecular formula is C14H22N6O2. The SMILES string of the molecule is CC(C)n1cc(NC(=O)NCC(c2ccco2)N(C)C)nn1. The first kappa shape index (κ1) is 16.0. The number of carbonyl (C=O) groups excluding carboxylic acids is 1. The maximum absolute atomic E-state index is 11.9. The zero-order chi connectivity index (χ0) is 16.1. The zero-order valence-electron chi connectivity index (χ0n) is 13.3. The van der Waals surface area contributed by atoms with Gasteiger partial charge in [-0.15, -0.1) is 5.10 Å². The number of amides is 2. The maximum Gasteiger partial charge on any atom is 0.320 e. The molecule has 0 aliphatic rings. The number of nitrogens with one attached hydrogen (secondary N) is 2. The molecule has 0 radical (unpaired) electrons. The summed E-state index contributed by atoms with van der Waals surface area (Å²) in [6.45, 7) is 4.40. The van der Waals surface area contributed by atoms with E-state index in [1.165, 1.54) is 0 Å². The lowest BCUT2D eigenvalue weighted by Gasteiger charge is -2.22. The van der Waals surface area contributed by atoms with Crippen LogP contribution in [0.1, 0.15) is 31.7 Å². The number of urea groups is 1. The van der Waals surface area contributed by atoms with E-state index in [-0.39, 0.29) is 18.1 Å². The molecule has 2 rings (SSSR count). The first-order chi connectivity index (χ1) is 10.5. The van der Waals surface area contributed by atoms with E-state index in [0.717, 1.165) is 5.76 Å². The molecule has 2 N–H and O–H groups in total. The Hall–Kier alpha value is -2.35. The molecule has 8 heteroatoms. The van der Waals surface area contributed by atoms with Gasteiger partial charge in [-0.05, 0) is 40.1 Å². The summed E-state index contributed by atoms with van der Waals surface area (Å²) in [6.07, 6.45) is 3.32. The van der Waals surface area contributed by atoms with Gasteiger partial charge >= 0.3 is 6.03 Å². The summed E-state index contributed by atoms with van der Waals surface area (Å²) in [7, 11) is 3.86. The third-order valence-corrected chi connectivity index (χ3v) is 3.23. The van der Waals surface area contributed by atoms with E-state index in [4.69, 9.17) is 4.42 Å². The first-order valence-electron chi connectivity index (χ1n) is 7.14. The summed E-state index contributed by atoms with van der Waals surface area (Å²) in [5.41, 5.74) is 0. The summed E-state index contributed by atoms with van der Waals surface area (Å²) in [4.78, 5) is 13.9. The van der Waals surface area contributed by atoms with E-state index in [9.17, 15) is 4.79 Å². The van der Waals surface area contributed by atoms with Crippen LogP contribution >= 0.6 is 0 Å². The number of hydrogen-bond donors (Lipinski definition) is 2. The molecule has 1 unspecified atom stereocenters. The topological polar surface area (TPSA) is 88.2 Å². The number of nitrogens with zero attached hydrogens (tertiary/aromatic N) is 4. The number of likely N-dealkylation sites (N-methyl/N-ethyl adjacent to an activating group) is 1. The molecule has 8 nitrogen and oxygen atoms in total. The van der Waals surface area contributed by atoms with E-state index in [1.54, 1.807) is 17.1 Å². The van der Waals surface area contributed by atoms with Gasteiger partial charge in [-0.1, -0.05) is 5.21 Å². The molecule has 0 aliphatic carbocycles. The fourth-order valence-electron chi connectivity index (χ4n) is 1.95. The van der Waals surface area contributed by atoms with Crippen LogP contribution in [0.5, 0.6) is 0 Å². The normalized spacial score (nSPS) is 12.6. The minimum absolute atomic E-state index is 0.0351. The Labute approximate surface area is 129 Å². The second-order valence-electron chi connectivity index (χ2n) is 5.51.